The van der Waals surface area contributed by atoms with E-state index in [1.54, 1.807) is 0 Å². The van der Waals surface area contributed by atoms with E-state index in [1.165, 1.54) is 11.1 Å². The van der Waals surface area contributed by atoms with Gasteiger partial charge in [0.25, 0.3) is 0 Å². The minimum Gasteiger partial charge on any atom is -0.354 e. The van der Waals surface area contributed by atoms with Crippen LogP contribution in [0.2, 0.25) is 0 Å². The Morgan fingerprint density at radius 2 is 1.87 bits per heavy atom. The molecule has 0 aliphatic carbocycles. The summed E-state index contributed by atoms with van der Waals surface area (Å²) in [6.07, 6.45) is 1.85. The lowest BCUT2D eigenvalue weighted by Crippen LogP contribution is -2.41. The second-order valence-corrected chi connectivity index (χ2v) is 8.70. The van der Waals surface area contributed by atoms with Crippen molar-refractivity contribution in [2.24, 2.45) is 5.92 Å². The molecule has 0 bridgehead atoms. The van der Waals surface area contributed by atoms with Crippen LogP contribution < -0.4 is 10.2 Å². The summed E-state index contributed by atoms with van der Waals surface area (Å²) in [4.78, 5) is 15.0. The second-order valence-electron chi connectivity index (χ2n) is 8.70. The van der Waals surface area contributed by atoms with Gasteiger partial charge in [0.15, 0.2) is 5.82 Å². The van der Waals surface area contributed by atoms with E-state index in [0.717, 1.165) is 42.1 Å². The first kappa shape index (κ1) is 21.0. The summed E-state index contributed by atoms with van der Waals surface area (Å²) < 4.78 is 0. The lowest BCUT2D eigenvalue weighted by molar-refractivity contribution is -0.120. The summed E-state index contributed by atoms with van der Waals surface area (Å²) in [5.41, 5.74) is 5.26. The van der Waals surface area contributed by atoms with Gasteiger partial charge in [-0.05, 0) is 61.6 Å². The van der Waals surface area contributed by atoms with Gasteiger partial charge in [-0.3, -0.25) is 4.79 Å². The highest BCUT2D eigenvalue weighted by Crippen LogP contribution is 2.25. The van der Waals surface area contributed by atoms with E-state index in [9.17, 15) is 4.79 Å². The number of anilines is 2. The molecule has 0 spiro atoms. The summed E-state index contributed by atoms with van der Waals surface area (Å²) in [7, 11) is 0. The average molecular weight is 415 g/mol. The number of aryl methyl sites for hydroxylation is 1. The van der Waals surface area contributed by atoms with Crippen LogP contribution in [-0.2, 0) is 4.79 Å². The van der Waals surface area contributed by atoms with Gasteiger partial charge in [-0.2, -0.15) is 0 Å². The number of carbonyl (C=O) groups excluding carboxylic acids is 1. The van der Waals surface area contributed by atoms with E-state index < -0.39 is 0 Å². The minimum absolute atomic E-state index is 0.0585. The van der Waals surface area contributed by atoms with E-state index in [2.05, 4.69) is 65.5 Å². The molecule has 0 saturated carbocycles. The van der Waals surface area contributed by atoms with Crippen LogP contribution in [0.1, 0.15) is 43.7 Å². The van der Waals surface area contributed by atoms with E-state index in [1.807, 2.05) is 36.4 Å². The van der Waals surface area contributed by atoms with E-state index in [-0.39, 0.29) is 11.8 Å². The smallest absolute Gasteiger partial charge is 0.229 e. The molecule has 160 valence electrons. The van der Waals surface area contributed by atoms with Crippen molar-refractivity contribution in [2.75, 3.05) is 23.3 Å². The van der Waals surface area contributed by atoms with Gasteiger partial charge in [0.2, 0.25) is 5.91 Å². The third kappa shape index (κ3) is 5.10. The van der Waals surface area contributed by atoms with Gasteiger partial charge in [0.05, 0.1) is 11.6 Å². The molecular weight excluding hydrogens is 384 g/mol. The van der Waals surface area contributed by atoms with Crippen LogP contribution >= 0.6 is 0 Å². The molecule has 2 heterocycles. The number of aromatic nitrogens is 2. The largest absolute Gasteiger partial charge is 0.354 e. The van der Waals surface area contributed by atoms with Gasteiger partial charge >= 0.3 is 0 Å². The molecule has 1 unspecified atom stereocenters. The highest BCUT2D eigenvalue weighted by Gasteiger charge is 2.27. The first-order chi connectivity index (χ1) is 15.0. The zero-order chi connectivity index (χ0) is 21.8. The first-order valence-corrected chi connectivity index (χ1v) is 11.1. The summed E-state index contributed by atoms with van der Waals surface area (Å²) in [5.74, 6) is 1.33. The molecular formula is C26H30N4O. The Kier molecular flexibility index (Phi) is 6.31. The highest BCUT2D eigenvalue weighted by atomic mass is 16.1. The van der Waals surface area contributed by atoms with E-state index >= 15 is 0 Å². The predicted molar refractivity (Wildman–Crippen MR) is 126 cm³/mol. The molecule has 1 saturated heterocycles. The Morgan fingerprint density at radius 1 is 1.06 bits per heavy atom. The molecule has 4 rings (SSSR count). The van der Waals surface area contributed by atoms with Crippen molar-refractivity contribution in [1.82, 2.24) is 10.2 Å². The number of hydrogen-bond acceptors (Lipinski definition) is 4. The van der Waals surface area contributed by atoms with Crippen LogP contribution in [0.4, 0.5) is 11.5 Å². The lowest BCUT2D eigenvalue weighted by atomic mass is 9.96. The average Bonchev–Trinajstić information content (AvgIpc) is 2.79. The molecule has 5 nitrogen and oxygen atoms in total. The monoisotopic (exact) mass is 414 g/mol. The molecule has 1 amide bonds. The molecule has 1 aromatic heterocycles. The number of hydrogen-bond donors (Lipinski definition) is 1. The quantitative estimate of drug-likeness (QED) is 0.605. The second kappa shape index (κ2) is 9.29. The van der Waals surface area contributed by atoms with Crippen molar-refractivity contribution in [3.05, 3.63) is 71.8 Å². The zero-order valence-electron chi connectivity index (χ0n) is 18.5. The Morgan fingerprint density at radius 3 is 2.55 bits per heavy atom. The Labute approximate surface area is 184 Å². The Hall–Kier alpha value is -3.21. The number of nitrogens with zero attached hydrogens (tertiary/aromatic N) is 3. The molecule has 1 atom stereocenters. The topological polar surface area (TPSA) is 58.1 Å². The Balaban J connectivity index is 1.40. The van der Waals surface area contributed by atoms with E-state index in [4.69, 9.17) is 0 Å². The predicted octanol–water partition coefficient (Wildman–Crippen LogP) is 5.43. The number of amides is 1. The lowest BCUT2D eigenvalue weighted by Gasteiger charge is -2.32. The van der Waals surface area contributed by atoms with Crippen LogP contribution in [0.5, 0.6) is 0 Å². The van der Waals surface area contributed by atoms with Gasteiger partial charge in [-0.1, -0.05) is 49.7 Å². The molecule has 1 aliphatic heterocycles. The highest BCUT2D eigenvalue weighted by molar-refractivity contribution is 5.93. The number of piperidine rings is 1. The molecule has 3 aromatic rings. The summed E-state index contributed by atoms with van der Waals surface area (Å²) in [6, 6.07) is 20.4. The van der Waals surface area contributed by atoms with Crippen molar-refractivity contribution >= 4 is 17.4 Å². The summed E-state index contributed by atoms with van der Waals surface area (Å²) in [5, 5.41) is 12.0. The SMILES string of the molecule is Cc1cccc(-c2ccc(N3CCCC(C(=O)Nc4ccc(C(C)C)cc4)C3)nn2)c1. The van der Waals surface area contributed by atoms with Crippen LogP contribution in [0.15, 0.2) is 60.7 Å². The molecule has 5 heteroatoms. The molecule has 2 aromatic carbocycles. The standard InChI is InChI=1S/C26H30N4O/c1-18(2)20-9-11-23(12-10-20)27-26(31)22-8-5-15-30(17-22)25-14-13-24(28-29-25)21-7-4-6-19(3)16-21/h4,6-7,9-14,16,18,22H,5,8,15,17H2,1-3H3,(H,27,31). The van der Waals surface area contributed by atoms with Crippen LogP contribution in [0.25, 0.3) is 11.3 Å². The Bertz CT molecular complexity index is 1030. The number of rotatable bonds is 5. The fraction of sp³-hybridized carbons (Fsp3) is 0.346. The number of nitrogens with one attached hydrogen (secondary N) is 1. The van der Waals surface area contributed by atoms with Crippen molar-refractivity contribution in [3.63, 3.8) is 0 Å². The molecule has 31 heavy (non-hydrogen) atoms. The van der Waals surface area contributed by atoms with Gasteiger partial charge in [0, 0.05) is 24.3 Å². The van der Waals surface area contributed by atoms with E-state index in [0.29, 0.717) is 12.5 Å². The molecule has 0 radical (unpaired) electrons. The first-order valence-electron chi connectivity index (χ1n) is 11.1. The minimum atomic E-state index is -0.0585. The van der Waals surface area contributed by atoms with Crippen molar-refractivity contribution in [1.29, 1.82) is 0 Å². The van der Waals surface area contributed by atoms with Crippen LogP contribution in [-0.4, -0.2) is 29.2 Å². The van der Waals surface area contributed by atoms with Crippen molar-refractivity contribution in [3.8, 4) is 11.3 Å². The summed E-state index contributed by atoms with van der Waals surface area (Å²) >= 11 is 0. The maximum absolute atomic E-state index is 12.9. The maximum Gasteiger partial charge on any atom is 0.229 e. The van der Waals surface area contributed by atoms with Crippen LogP contribution in [0, 0.1) is 12.8 Å². The van der Waals surface area contributed by atoms with Gasteiger partial charge in [-0.15, -0.1) is 10.2 Å². The van der Waals surface area contributed by atoms with Gasteiger partial charge < -0.3 is 10.2 Å². The number of carbonyl (C=O) groups is 1. The number of benzene rings is 2. The zero-order valence-corrected chi connectivity index (χ0v) is 18.5. The van der Waals surface area contributed by atoms with Crippen molar-refractivity contribution < 1.29 is 4.79 Å². The van der Waals surface area contributed by atoms with Crippen molar-refractivity contribution in [2.45, 2.75) is 39.5 Å². The third-order valence-corrected chi connectivity index (χ3v) is 5.93. The fourth-order valence-electron chi connectivity index (χ4n) is 4.05. The van der Waals surface area contributed by atoms with Gasteiger partial charge in [-0.25, -0.2) is 0 Å². The fourth-order valence-corrected chi connectivity index (χ4v) is 4.05. The molecule has 1 aliphatic rings. The summed E-state index contributed by atoms with van der Waals surface area (Å²) in [6.45, 7) is 7.96. The normalized spacial score (nSPS) is 16.4. The maximum atomic E-state index is 12.9. The third-order valence-electron chi connectivity index (χ3n) is 5.93. The molecule has 1 N–H and O–H groups in total. The van der Waals surface area contributed by atoms with Crippen LogP contribution in [0.3, 0.4) is 0 Å². The van der Waals surface area contributed by atoms with Gasteiger partial charge in [0.1, 0.15) is 0 Å². The molecule has 1 fully saturated rings.